The molecule has 17 heavy (non-hydrogen) atoms. The highest BCUT2D eigenvalue weighted by molar-refractivity contribution is 7.80. The van der Waals surface area contributed by atoms with Crippen LogP contribution in [0.25, 0.3) is 0 Å². The van der Waals surface area contributed by atoms with Crippen molar-refractivity contribution in [1.82, 2.24) is 5.32 Å². The molecule has 0 aromatic heterocycles. The Hall–Kier alpha value is -0.680. The van der Waals surface area contributed by atoms with Crippen molar-refractivity contribution in [3.8, 4) is 0 Å². The van der Waals surface area contributed by atoms with Crippen molar-refractivity contribution in [1.29, 1.82) is 0 Å². The lowest BCUT2D eigenvalue weighted by Gasteiger charge is -2.21. The van der Waals surface area contributed by atoms with Crippen LogP contribution in [0.3, 0.4) is 0 Å². The van der Waals surface area contributed by atoms with E-state index in [0.717, 1.165) is 13.0 Å². The number of rotatable bonds is 5. The normalized spacial score (nSPS) is 25.9. The van der Waals surface area contributed by atoms with E-state index in [0.29, 0.717) is 12.5 Å². The van der Waals surface area contributed by atoms with Crippen molar-refractivity contribution in [2.75, 3.05) is 13.2 Å². The molecule has 0 aliphatic carbocycles. The van der Waals surface area contributed by atoms with Gasteiger partial charge in [-0.1, -0.05) is 26.1 Å². The lowest BCUT2D eigenvalue weighted by atomic mass is 9.94. The Morgan fingerprint density at radius 2 is 2.24 bits per heavy atom. The molecule has 1 aliphatic rings. The molecule has 5 heteroatoms. The fourth-order valence-corrected chi connectivity index (χ4v) is 2.53. The summed E-state index contributed by atoms with van der Waals surface area (Å²) in [6, 6.07) is 0. The van der Waals surface area contributed by atoms with Crippen molar-refractivity contribution in [2.24, 2.45) is 23.5 Å². The summed E-state index contributed by atoms with van der Waals surface area (Å²) >= 11 is 4.93. The van der Waals surface area contributed by atoms with Gasteiger partial charge in [0, 0.05) is 19.1 Å². The van der Waals surface area contributed by atoms with Crippen LogP contribution in [0, 0.1) is 17.8 Å². The van der Waals surface area contributed by atoms with E-state index < -0.39 is 0 Å². The molecule has 1 rings (SSSR count). The van der Waals surface area contributed by atoms with E-state index in [-0.39, 0.29) is 28.8 Å². The molecule has 0 radical (unpaired) electrons. The quantitative estimate of drug-likeness (QED) is 0.725. The largest absolute Gasteiger partial charge is 0.393 e. The Morgan fingerprint density at radius 1 is 1.59 bits per heavy atom. The lowest BCUT2D eigenvalue weighted by Crippen LogP contribution is -2.43. The third-order valence-electron chi connectivity index (χ3n) is 3.33. The summed E-state index contributed by atoms with van der Waals surface area (Å²) in [6.07, 6.45) is 1.22. The maximum absolute atomic E-state index is 12.0. The van der Waals surface area contributed by atoms with Crippen molar-refractivity contribution in [2.45, 2.75) is 33.3 Å². The number of hydrogen-bond acceptors (Lipinski definition) is 3. The Labute approximate surface area is 108 Å². The fraction of sp³-hybridized carbons (Fsp3) is 0.833. The summed E-state index contributed by atoms with van der Waals surface area (Å²) in [4.78, 5) is 12.2. The molecule has 1 fully saturated rings. The van der Waals surface area contributed by atoms with E-state index >= 15 is 0 Å². The molecule has 4 nitrogen and oxygen atoms in total. The molecule has 0 aromatic carbocycles. The van der Waals surface area contributed by atoms with Gasteiger partial charge in [-0.05, 0) is 19.3 Å². The predicted molar refractivity (Wildman–Crippen MR) is 71.6 cm³/mol. The molecule has 3 unspecified atom stereocenters. The number of ether oxygens (including phenoxy) is 1. The van der Waals surface area contributed by atoms with Gasteiger partial charge in [-0.2, -0.15) is 0 Å². The van der Waals surface area contributed by atoms with Crippen LogP contribution in [0.5, 0.6) is 0 Å². The first kappa shape index (κ1) is 14.4. The fourth-order valence-electron chi connectivity index (χ4n) is 2.15. The zero-order valence-electron chi connectivity index (χ0n) is 10.7. The predicted octanol–water partition coefficient (Wildman–Crippen LogP) is 1.09. The van der Waals surface area contributed by atoms with Gasteiger partial charge in [-0.25, -0.2) is 0 Å². The molecule has 1 heterocycles. The Bertz CT molecular complexity index is 294. The van der Waals surface area contributed by atoms with Gasteiger partial charge >= 0.3 is 0 Å². The van der Waals surface area contributed by atoms with Crippen LogP contribution < -0.4 is 11.1 Å². The summed E-state index contributed by atoms with van der Waals surface area (Å²) in [5.41, 5.74) is 5.60. The monoisotopic (exact) mass is 258 g/mol. The third-order valence-corrected chi connectivity index (χ3v) is 3.58. The second-order valence-electron chi connectivity index (χ2n) is 4.99. The molecule has 1 amide bonds. The molecule has 0 saturated carbocycles. The number of nitrogens with one attached hydrogen (secondary N) is 1. The standard InChI is InChI=1S/C12H22N2O2S/c1-7(2)10(11(13)17)12(15)14-6-9-4-5-16-8(9)3/h7-10H,4-6H2,1-3H3,(H2,13,17)(H,14,15). The van der Waals surface area contributed by atoms with E-state index in [4.69, 9.17) is 22.7 Å². The first-order valence-corrected chi connectivity index (χ1v) is 6.53. The Balaban J connectivity index is 2.45. The van der Waals surface area contributed by atoms with Gasteiger partial charge in [0.15, 0.2) is 0 Å². The number of amides is 1. The number of hydrogen-bond donors (Lipinski definition) is 2. The van der Waals surface area contributed by atoms with Crippen LogP contribution in [-0.4, -0.2) is 30.2 Å². The molecule has 1 aliphatic heterocycles. The topological polar surface area (TPSA) is 64.3 Å². The molecule has 0 aromatic rings. The molecule has 0 bridgehead atoms. The van der Waals surface area contributed by atoms with E-state index in [1.165, 1.54) is 0 Å². The van der Waals surface area contributed by atoms with Crippen molar-refractivity contribution >= 4 is 23.1 Å². The van der Waals surface area contributed by atoms with Crippen molar-refractivity contribution < 1.29 is 9.53 Å². The van der Waals surface area contributed by atoms with Crippen LogP contribution in [0.4, 0.5) is 0 Å². The number of carbonyl (C=O) groups is 1. The minimum Gasteiger partial charge on any atom is -0.393 e. The number of carbonyl (C=O) groups excluding carboxylic acids is 1. The highest BCUT2D eigenvalue weighted by Gasteiger charge is 2.28. The molecule has 3 N–H and O–H groups in total. The Morgan fingerprint density at radius 3 is 2.65 bits per heavy atom. The van der Waals surface area contributed by atoms with Gasteiger partial charge < -0.3 is 15.8 Å². The van der Waals surface area contributed by atoms with Gasteiger partial charge in [0.05, 0.1) is 17.0 Å². The Kier molecular flexibility index (Phi) is 5.33. The zero-order chi connectivity index (χ0) is 13.0. The SMILES string of the molecule is CC(C)C(C(=O)NCC1CCOC1C)C(N)=S. The average Bonchev–Trinajstić information content (AvgIpc) is 2.59. The van der Waals surface area contributed by atoms with E-state index in [2.05, 4.69) is 5.32 Å². The van der Waals surface area contributed by atoms with Crippen LogP contribution in [-0.2, 0) is 9.53 Å². The van der Waals surface area contributed by atoms with E-state index in [1.807, 2.05) is 20.8 Å². The van der Waals surface area contributed by atoms with Crippen LogP contribution >= 0.6 is 12.2 Å². The van der Waals surface area contributed by atoms with Gasteiger partial charge in [-0.15, -0.1) is 0 Å². The van der Waals surface area contributed by atoms with Gasteiger partial charge in [0.25, 0.3) is 0 Å². The van der Waals surface area contributed by atoms with Crippen molar-refractivity contribution in [3.63, 3.8) is 0 Å². The summed E-state index contributed by atoms with van der Waals surface area (Å²) in [7, 11) is 0. The summed E-state index contributed by atoms with van der Waals surface area (Å²) < 4.78 is 5.45. The molecule has 98 valence electrons. The van der Waals surface area contributed by atoms with Crippen LogP contribution in [0.2, 0.25) is 0 Å². The highest BCUT2D eigenvalue weighted by atomic mass is 32.1. The maximum atomic E-state index is 12.0. The number of nitrogens with two attached hydrogens (primary N) is 1. The second-order valence-corrected chi connectivity index (χ2v) is 5.47. The third kappa shape index (κ3) is 3.92. The molecule has 0 spiro atoms. The number of thiocarbonyl (C=S) groups is 1. The van der Waals surface area contributed by atoms with Crippen LogP contribution in [0.15, 0.2) is 0 Å². The summed E-state index contributed by atoms with van der Waals surface area (Å²) in [6.45, 7) is 7.36. The maximum Gasteiger partial charge on any atom is 0.230 e. The lowest BCUT2D eigenvalue weighted by molar-refractivity contribution is -0.124. The smallest absolute Gasteiger partial charge is 0.230 e. The first-order valence-electron chi connectivity index (χ1n) is 6.12. The van der Waals surface area contributed by atoms with Crippen molar-refractivity contribution in [3.05, 3.63) is 0 Å². The second kappa shape index (κ2) is 6.31. The van der Waals surface area contributed by atoms with Gasteiger partial charge in [0.2, 0.25) is 5.91 Å². The summed E-state index contributed by atoms with van der Waals surface area (Å²) in [5.74, 6) is 0.0945. The molecular formula is C12H22N2O2S. The zero-order valence-corrected chi connectivity index (χ0v) is 11.5. The minimum absolute atomic E-state index is 0.0633. The molecule has 1 saturated heterocycles. The van der Waals surface area contributed by atoms with E-state index in [1.54, 1.807) is 0 Å². The first-order chi connectivity index (χ1) is 7.93. The van der Waals surface area contributed by atoms with Gasteiger partial charge in [0.1, 0.15) is 0 Å². The molecule has 3 atom stereocenters. The molecular weight excluding hydrogens is 236 g/mol. The highest BCUT2D eigenvalue weighted by Crippen LogP contribution is 2.19. The minimum atomic E-state index is -0.373. The van der Waals surface area contributed by atoms with E-state index in [9.17, 15) is 4.79 Å². The summed E-state index contributed by atoms with van der Waals surface area (Å²) in [5, 5.41) is 2.93. The van der Waals surface area contributed by atoms with Crippen LogP contribution in [0.1, 0.15) is 27.2 Å². The average molecular weight is 258 g/mol. The van der Waals surface area contributed by atoms with Gasteiger partial charge in [-0.3, -0.25) is 4.79 Å².